The van der Waals surface area contributed by atoms with E-state index in [1.807, 2.05) is 24.3 Å². The molecule has 0 aromatic heterocycles. The van der Waals surface area contributed by atoms with E-state index in [0.29, 0.717) is 6.54 Å². The highest BCUT2D eigenvalue weighted by Gasteiger charge is 2.20. The largest absolute Gasteiger partial charge is 0.326 e. The Morgan fingerprint density at radius 3 is 2.21 bits per heavy atom. The van der Waals surface area contributed by atoms with Crippen LogP contribution in [0.5, 0.6) is 0 Å². The van der Waals surface area contributed by atoms with Crippen molar-refractivity contribution in [2.45, 2.75) is 50.4 Å². The summed E-state index contributed by atoms with van der Waals surface area (Å²) in [6.45, 7) is 0.480. The van der Waals surface area contributed by atoms with Gasteiger partial charge < -0.3 is 5.73 Å². The van der Waals surface area contributed by atoms with Crippen molar-refractivity contribution in [3.8, 4) is 0 Å². The first kappa shape index (κ1) is 14.5. The van der Waals surface area contributed by atoms with Gasteiger partial charge >= 0.3 is 0 Å². The summed E-state index contributed by atoms with van der Waals surface area (Å²) in [5.74, 6) is 0.0500. The van der Waals surface area contributed by atoms with E-state index >= 15 is 0 Å². The molecule has 0 bridgehead atoms. The third kappa shape index (κ3) is 4.60. The Morgan fingerprint density at radius 2 is 1.63 bits per heavy atom. The van der Waals surface area contributed by atoms with Crippen molar-refractivity contribution in [2.24, 2.45) is 5.73 Å². The molecular weight excluding hydrogens is 260 g/mol. The van der Waals surface area contributed by atoms with Gasteiger partial charge in [-0.15, -0.1) is 0 Å². The smallest absolute Gasteiger partial charge is 0.216 e. The Hall–Kier alpha value is -0.910. The molecule has 0 saturated heterocycles. The van der Waals surface area contributed by atoms with Crippen LogP contribution in [0.2, 0.25) is 0 Å². The molecule has 0 spiro atoms. The first-order valence-corrected chi connectivity index (χ1v) is 8.52. The molecule has 4 nitrogen and oxygen atoms in total. The summed E-state index contributed by atoms with van der Waals surface area (Å²) in [6, 6.07) is 7.56. The maximum atomic E-state index is 12.1. The molecular formula is C14H22N2O2S. The van der Waals surface area contributed by atoms with E-state index in [4.69, 9.17) is 5.73 Å². The van der Waals surface area contributed by atoms with Gasteiger partial charge in [0.2, 0.25) is 10.0 Å². The molecule has 0 amide bonds. The SMILES string of the molecule is NCc1ccc(CS(=O)(=O)NC2CCCCC2)cc1. The van der Waals surface area contributed by atoms with Gasteiger partial charge in [0.05, 0.1) is 5.75 Å². The Bertz CT molecular complexity index is 491. The molecule has 1 aromatic rings. The number of nitrogens with two attached hydrogens (primary N) is 1. The van der Waals surface area contributed by atoms with E-state index < -0.39 is 10.0 Å². The average molecular weight is 282 g/mol. The molecule has 19 heavy (non-hydrogen) atoms. The summed E-state index contributed by atoms with van der Waals surface area (Å²) in [4.78, 5) is 0. The molecule has 0 radical (unpaired) electrons. The molecule has 1 saturated carbocycles. The van der Waals surface area contributed by atoms with E-state index in [-0.39, 0.29) is 11.8 Å². The van der Waals surface area contributed by atoms with E-state index in [2.05, 4.69) is 4.72 Å². The third-order valence-corrected chi connectivity index (χ3v) is 4.97. The lowest BCUT2D eigenvalue weighted by molar-refractivity contribution is 0.412. The topological polar surface area (TPSA) is 72.2 Å². The van der Waals surface area contributed by atoms with E-state index in [1.165, 1.54) is 6.42 Å². The van der Waals surface area contributed by atoms with Crippen LogP contribution in [0.15, 0.2) is 24.3 Å². The highest BCUT2D eigenvalue weighted by molar-refractivity contribution is 7.88. The number of rotatable bonds is 5. The zero-order valence-corrected chi connectivity index (χ0v) is 12.0. The fourth-order valence-corrected chi connectivity index (χ4v) is 3.97. The van der Waals surface area contributed by atoms with E-state index in [1.54, 1.807) is 0 Å². The number of sulfonamides is 1. The monoisotopic (exact) mass is 282 g/mol. The maximum absolute atomic E-state index is 12.1. The van der Waals surface area contributed by atoms with E-state index in [9.17, 15) is 8.42 Å². The summed E-state index contributed by atoms with van der Waals surface area (Å²) in [5.41, 5.74) is 7.34. The summed E-state index contributed by atoms with van der Waals surface area (Å²) < 4.78 is 27.0. The van der Waals surface area contributed by atoms with Crippen LogP contribution in [-0.2, 0) is 22.3 Å². The predicted octanol–water partition coefficient (Wildman–Crippen LogP) is 1.90. The van der Waals surface area contributed by atoms with Crippen molar-refractivity contribution in [2.75, 3.05) is 0 Å². The minimum absolute atomic E-state index is 0.0500. The van der Waals surface area contributed by atoms with Gasteiger partial charge in [0.1, 0.15) is 0 Å². The number of hydrogen-bond acceptors (Lipinski definition) is 3. The lowest BCUT2D eigenvalue weighted by atomic mass is 9.96. The molecule has 0 atom stereocenters. The van der Waals surface area contributed by atoms with Crippen molar-refractivity contribution >= 4 is 10.0 Å². The van der Waals surface area contributed by atoms with Gasteiger partial charge in [-0.3, -0.25) is 0 Å². The second-order valence-corrected chi connectivity index (χ2v) is 6.99. The van der Waals surface area contributed by atoms with Crippen LogP contribution < -0.4 is 10.5 Å². The normalized spacial score (nSPS) is 17.5. The molecule has 2 rings (SSSR count). The maximum Gasteiger partial charge on any atom is 0.216 e. The van der Waals surface area contributed by atoms with Gasteiger partial charge in [-0.25, -0.2) is 13.1 Å². The summed E-state index contributed by atoms with van der Waals surface area (Å²) in [7, 11) is -3.24. The first-order chi connectivity index (χ1) is 9.09. The molecule has 106 valence electrons. The average Bonchev–Trinajstić information content (AvgIpc) is 2.39. The predicted molar refractivity (Wildman–Crippen MR) is 77.0 cm³/mol. The van der Waals surface area contributed by atoms with Gasteiger partial charge in [0, 0.05) is 12.6 Å². The Morgan fingerprint density at radius 1 is 1.05 bits per heavy atom. The number of benzene rings is 1. The number of hydrogen-bond donors (Lipinski definition) is 2. The molecule has 0 heterocycles. The molecule has 5 heteroatoms. The summed E-state index contributed by atoms with van der Waals surface area (Å²) >= 11 is 0. The van der Waals surface area contributed by atoms with Crippen LogP contribution in [0.1, 0.15) is 43.2 Å². The summed E-state index contributed by atoms with van der Waals surface area (Å²) in [5, 5.41) is 0. The quantitative estimate of drug-likeness (QED) is 0.866. The minimum atomic E-state index is -3.24. The molecule has 0 aliphatic heterocycles. The van der Waals surface area contributed by atoms with Crippen LogP contribution >= 0.6 is 0 Å². The van der Waals surface area contributed by atoms with Crippen molar-refractivity contribution in [3.05, 3.63) is 35.4 Å². The fraction of sp³-hybridized carbons (Fsp3) is 0.571. The zero-order chi connectivity index (χ0) is 13.7. The van der Waals surface area contributed by atoms with Crippen molar-refractivity contribution in [1.82, 2.24) is 4.72 Å². The molecule has 1 aromatic carbocycles. The van der Waals surface area contributed by atoms with Gasteiger partial charge in [-0.1, -0.05) is 43.5 Å². The zero-order valence-electron chi connectivity index (χ0n) is 11.1. The lowest BCUT2D eigenvalue weighted by Gasteiger charge is -2.22. The van der Waals surface area contributed by atoms with E-state index in [0.717, 1.165) is 36.8 Å². The highest BCUT2D eigenvalue weighted by atomic mass is 32.2. The number of nitrogens with one attached hydrogen (secondary N) is 1. The van der Waals surface area contributed by atoms with Gasteiger partial charge in [0.15, 0.2) is 0 Å². The highest BCUT2D eigenvalue weighted by Crippen LogP contribution is 2.18. The Kier molecular flexibility index (Phi) is 4.96. The fourth-order valence-electron chi connectivity index (χ4n) is 2.51. The van der Waals surface area contributed by atoms with Crippen LogP contribution in [0.25, 0.3) is 0 Å². The lowest BCUT2D eigenvalue weighted by Crippen LogP contribution is -2.36. The van der Waals surface area contributed by atoms with Crippen molar-refractivity contribution in [1.29, 1.82) is 0 Å². The van der Waals surface area contributed by atoms with Gasteiger partial charge in [0.25, 0.3) is 0 Å². The summed E-state index contributed by atoms with van der Waals surface area (Å²) in [6.07, 6.45) is 5.40. The van der Waals surface area contributed by atoms with Crippen LogP contribution in [-0.4, -0.2) is 14.5 Å². The van der Waals surface area contributed by atoms with Crippen LogP contribution in [0, 0.1) is 0 Å². The second-order valence-electron chi connectivity index (χ2n) is 5.23. The Labute approximate surface area is 115 Å². The standard InChI is InChI=1S/C14H22N2O2S/c15-10-12-6-8-13(9-7-12)11-19(17,18)16-14-4-2-1-3-5-14/h6-9,14,16H,1-5,10-11,15H2. The molecule has 1 aliphatic rings. The van der Waals surface area contributed by atoms with Gasteiger partial charge in [-0.2, -0.15) is 0 Å². The van der Waals surface area contributed by atoms with Crippen molar-refractivity contribution < 1.29 is 8.42 Å². The first-order valence-electron chi connectivity index (χ1n) is 6.87. The Balaban J connectivity index is 1.95. The molecule has 3 N–H and O–H groups in total. The van der Waals surface area contributed by atoms with Crippen LogP contribution in [0.3, 0.4) is 0 Å². The molecule has 1 fully saturated rings. The molecule has 0 unspecified atom stereocenters. The third-order valence-electron chi connectivity index (χ3n) is 3.57. The van der Waals surface area contributed by atoms with Crippen molar-refractivity contribution in [3.63, 3.8) is 0 Å². The van der Waals surface area contributed by atoms with Crippen LogP contribution in [0.4, 0.5) is 0 Å². The molecule has 1 aliphatic carbocycles. The minimum Gasteiger partial charge on any atom is -0.326 e. The van der Waals surface area contributed by atoms with Gasteiger partial charge in [-0.05, 0) is 24.0 Å². The second kappa shape index (κ2) is 6.50.